The molecule has 4 radical (unpaired) electrons. The van der Waals surface area contributed by atoms with E-state index in [2.05, 4.69) is 6.92 Å². The standard InChI is InChI=1S/C5H8/c1-3-5-4-2/h1,3-5H2. The topological polar surface area (TPSA) is 0 Å². The van der Waals surface area contributed by atoms with E-state index in [1.165, 1.54) is 0 Å². The molecule has 0 saturated carbocycles. The molecule has 0 unspecified atom stereocenters. The Hall–Kier alpha value is 0. The van der Waals surface area contributed by atoms with E-state index in [0.717, 1.165) is 12.8 Å². The summed E-state index contributed by atoms with van der Waals surface area (Å²) in [6.45, 7) is 10.1. The van der Waals surface area contributed by atoms with Gasteiger partial charge in [0.1, 0.15) is 0 Å². The van der Waals surface area contributed by atoms with Gasteiger partial charge in [-0.3, -0.25) is 0 Å². The minimum Gasteiger partial charge on any atom is -0.0533 e. The Morgan fingerprint density at radius 2 is 2.20 bits per heavy atom. The van der Waals surface area contributed by atoms with Gasteiger partial charge in [-0.1, -0.05) is 19.8 Å². The molecule has 0 aromatic heterocycles. The van der Waals surface area contributed by atoms with Crippen molar-refractivity contribution < 1.29 is 0 Å². The third-order valence-corrected chi connectivity index (χ3v) is 0.427. The second-order valence-electron chi connectivity index (χ2n) is 0.957. The van der Waals surface area contributed by atoms with Gasteiger partial charge in [0.15, 0.2) is 0 Å². The summed E-state index contributed by atoms with van der Waals surface area (Å²) in [7, 11) is 0. The van der Waals surface area contributed by atoms with Crippen molar-refractivity contribution in [2.45, 2.75) is 19.3 Å². The van der Waals surface area contributed by atoms with Crippen LogP contribution in [-0.4, -0.2) is 0 Å². The van der Waals surface area contributed by atoms with Gasteiger partial charge in [0, 0.05) is 0 Å². The van der Waals surface area contributed by atoms with Gasteiger partial charge < -0.3 is 0 Å². The molecule has 0 N–H and O–H groups in total. The molecule has 5 heavy (non-hydrogen) atoms. The Balaban J connectivity index is 2.19. The molecule has 0 bridgehead atoms. The number of rotatable bonds is 2. The highest BCUT2D eigenvalue weighted by Gasteiger charge is 1.69. The predicted octanol–water partition coefficient (Wildman–Crippen LogP) is 1.58. The van der Waals surface area contributed by atoms with Crippen LogP contribution in [0.5, 0.6) is 0 Å². The fraction of sp³-hybridized carbons (Fsp3) is 0.600. The molecule has 0 aromatic carbocycles. The van der Waals surface area contributed by atoms with Crippen LogP contribution in [0, 0.1) is 13.8 Å². The molecule has 0 aromatic rings. The Kier molecular flexibility index (Phi) is 4.00. The summed E-state index contributed by atoms with van der Waals surface area (Å²) in [5, 5.41) is 0. The van der Waals surface area contributed by atoms with Gasteiger partial charge in [-0.05, 0) is 13.3 Å². The first-order valence-corrected chi connectivity index (χ1v) is 1.85. The highest BCUT2D eigenvalue weighted by molar-refractivity contribution is 4.41. The van der Waals surface area contributed by atoms with Gasteiger partial charge in [-0.2, -0.15) is 0 Å². The van der Waals surface area contributed by atoms with Gasteiger partial charge in [0.25, 0.3) is 0 Å². The molecular weight excluding hydrogens is 60.1 g/mol. The lowest BCUT2D eigenvalue weighted by molar-refractivity contribution is 0.864. The lowest BCUT2D eigenvalue weighted by Crippen LogP contribution is -1.60. The van der Waals surface area contributed by atoms with Crippen molar-refractivity contribution in [1.82, 2.24) is 0 Å². The molecule has 0 aliphatic heterocycles. The molecule has 0 atom stereocenters. The van der Waals surface area contributed by atoms with Crippen molar-refractivity contribution >= 4 is 0 Å². The molecular formula is C5H8. The van der Waals surface area contributed by atoms with Crippen molar-refractivity contribution in [3.05, 3.63) is 13.8 Å². The third kappa shape index (κ3) is 4.00. The van der Waals surface area contributed by atoms with E-state index >= 15 is 0 Å². The fourth-order valence-corrected chi connectivity index (χ4v) is 0.125. The van der Waals surface area contributed by atoms with Crippen LogP contribution in [0.2, 0.25) is 0 Å². The van der Waals surface area contributed by atoms with Crippen molar-refractivity contribution in [2.75, 3.05) is 0 Å². The first-order valence-electron chi connectivity index (χ1n) is 1.85. The van der Waals surface area contributed by atoms with Crippen molar-refractivity contribution in [3.8, 4) is 0 Å². The highest BCUT2D eigenvalue weighted by atomic mass is 13.7. The Bertz CT molecular complexity index is 7.51. The predicted molar refractivity (Wildman–Crippen MR) is 22.5 cm³/mol. The molecule has 0 aliphatic rings. The first kappa shape index (κ1) is 5.00. The molecule has 28 valence electrons. The summed E-state index contributed by atoms with van der Waals surface area (Å²) in [6, 6.07) is 0. The van der Waals surface area contributed by atoms with Crippen LogP contribution in [0.3, 0.4) is 0 Å². The normalized spacial score (nSPS) is 8.40. The van der Waals surface area contributed by atoms with E-state index in [0.29, 0.717) is 6.42 Å². The van der Waals surface area contributed by atoms with Gasteiger partial charge in [0.05, 0.1) is 0 Å². The summed E-state index contributed by atoms with van der Waals surface area (Å²) in [5.41, 5.74) is 0. The molecule has 0 fully saturated rings. The quantitative estimate of drug-likeness (QED) is 0.461. The minimum absolute atomic E-state index is 0.531. The van der Waals surface area contributed by atoms with E-state index in [9.17, 15) is 0 Å². The molecule has 0 heteroatoms. The number of hydrogen-bond acceptors (Lipinski definition) is 0. The van der Waals surface area contributed by atoms with E-state index in [-0.39, 0.29) is 0 Å². The molecule has 0 spiro atoms. The summed E-state index contributed by atoms with van der Waals surface area (Å²) in [6.07, 6.45) is 2.38. The summed E-state index contributed by atoms with van der Waals surface area (Å²) >= 11 is 0. The molecule has 0 heterocycles. The van der Waals surface area contributed by atoms with Gasteiger partial charge in [-0.25, -0.2) is 0 Å². The molecule has 0 saturated heterocycles. The molecule has 0 amide bonds. The van der Waals surface area contributed by atoms with Crippen LogP contribution < -0.4 is 0 Å². The van der Waals surface area contributed by atoms with Crippen LogP contribution in [0.15, 0.2) is 0 Å². The molecule has 0 aliphatic carbocycles. The maximum absolute atomic E-state index is 6.56. The summed E-state index contributed by atoms with van der Waals surface area (Å²) in [4.78, 5) is 0. The van der Waals surface area contributed by atoms with Gasteiger partial charge in [0.2, 0.25) is 0 Å². The minimum atomic E-state index is 0.531. The monoisotopic (exact) mass is 68.1 g/mol. The summed E-state index contributed by atoms with van der Waals surface area (Å²) in [5.74, 6) is 0. The average molecular weight is 68.1 g/mol. The smallest absolute Gasteiger partial charge is 0.00936 e. The third-order valence-electron chi connectivity index (χ3n) is 0.427. The molecule has 0 rings (SSSR count). The molecule has 0 nitrogen and oxygen atoms in total. The van der Waals surface area contributed by atoms with Crippen molar-refractivity contribution in [3.63, 3.8) is 0 Å². The van der Waals surface area contributed by atoms with Crippen molar-refractivity contribution in [1.29, 1.82) is 0 Å². The number of hydrogen-bond donors (Lipinski definition) is 0. The maximum Gasteiger partial charge on any atom is -0.00936 e. The highest BCUT2D eigenvalue weighted by Crippen LogP contribution is 1.87. The second-order valence-corrected chi connectivity index (χ2v) is 0.957. The van der Waals surface area contributed by atoms with Crippen LogP contribution in [0.4, 0.5) is 0 Å². The van der Waals surface area contributed by atoms with E-state index in [1.54, 1.807) is 0 Å². The van der Waals surface area contributed by atoms with Crippen molar-refractivity contribution in [2.24, 2.45) is 0 Å². The van der Waals surface area contributed by atoms with Crippen LogP contribution in [0.25, 0.3) is 0 Å². The fourth-order valence-electron chi connectivity index (χ4n) is 0.125. The zero-order chi connectivity index (χ0) is 4.12. The summed E-state index contributed by atoms with van der Waals surface area (Å²) < 4.78 is 0. The lowest BCUT2D eigenvalue weighted by Gasteiger charge is -1.78. The second kappa shape index (κ2) is 4.00. The Labute approximate surface area is 34.2 Å². The largest absolute Gasteiger partial charge is 0.0533 e. The van der Waals surface area contributed by atoms with Crippen LogP contribution in [-0.2, 0) is 0 Å². The average Bonchev–Trinajstić information content (AvgIpc) is 1.41. The SMILES string of the molecule is [C]CCC[CH2]. The van der Waals surface area contributed by atoms with E-state index in [1.807, 2.05) is 0 Å². The van der Waals surface area contributed by atoms with E-state index in [4.69, 9.17) is 6.92 Å². The first-order chi connectivity index (χ1) is 2.41. The zero-order valence-electron chi connectivity index (χ0n) is 3.33. The Morgan fingerprint density at radius 1 is 1.60 bits per heavy atom. The van der Waals surface area contributed by atoms with E-state index < -0.39 is 0 Å². The van der Waals surface area contributed by atoms with Gasteiger partial charge >= 0.3 is 0 Å². The van der Waals surface area contributed by atoms with Crippen LogP contribution in [0.1, 0.15) is 19.3 Å². The Morgan fingerprint density at radius 3 is 2.20 bits per heavy atom. The lowest BCUT2D eigenvalue weighted by atomic mass is 10.3. The van der Waals surface area contributed by atoms with Crippen LogP contribution >= 0.6 is 0 Å². The van der Waals surface area contributed by atoms with Gasteiger partial charge in [-0.15, -0.1) is 0 Å². The maximum atomic E-state index is 6.56. The number of unbranched alkanes of at least 4 members (excludes halogenated alkanes) is 2. The zero-order valence-corrected chi connectivity index (χ0v) is 3.33.